The van der Waals surface area contributed by atoms with Crippen molar-refractivity contribution in [1.82, 2.24) is 5.32 Å². The SMILES string of the molecule is Cc1cc(C)c([C@@H](C)NC(=O)[C@@H](C)Oc2ccccc2C)cc1C. The van der Waals surface area contributed by atoms with Crippen LogP contribution in [-0.2, 0) is 4.79 Å². The lowest BCUT2D eigenvalue weighted by molar-refractivity contribution is -0.127. The zero-order valence-corrected chi connectivity index (χ0v) is 15.4. The largest absolute Gasteiger partial charge is 0.481 e. The van der Waals surface area contributed by atoms with Gasteiger partial charge >= 0.3 is 0 Å². The van der Waals surface area contributed by atoms with E-state index in [0.29, 0.717) is 0 Å². The third kappa shape index (κ3) is 4.16. The Morgan fingerprint density at radius 3 is 2.21 bits per heavy atom. The van der Waals surface area contributed by atoms with Gasteiger partial charge in [-0.05, 0) is 75.4 Å². The normalized spacial score (nSPS) is 13.2. The van der Waals surface area contributed by atoms with E-state index in [1.807, 2.05) is 38.1 Å². The molecule has 2 aromatic rings. The molecule has 0 unspecified atom stereocenters. The number of nitrogens with one attached hydrogen (secondary N) is 1. The molecule has 2 atom stereocenters. The Labute approximate surface area is 145 Å². The molecule has 2 rings (SSSR count). The van der Waals surface area contributed by atoms with Crippen LogP contribution in [0.3, 0.4) is 0 Å². The summed E-state index contributed by atoms with van der Waals surface area (Å²) >= 11 is 0. The first-order valence-electron chi connectivity index (χ1n) is 8.40. The van der Waals surface area contributed by atoms with E-state index >= 15 is 0 Å². The molecule has 3 heteroatoms. The number of aryl methyl sites for hydroxylation is 4. The van der Waals surface area contributed by atoms with E-state index in [2.05, 4.69) is 38.2 Å². The highest BCUT2D eigenvalue weighted by Gasteiger charge is 2.19. The Kier molecular flexibility index (Phi) is 5.66. The summed E-state index contributed by atoms with van der Waals surface area (Å²) in [5, 5.41) is 3.06. The molecule has 0 fully saturated rings. The fourth-order valence-electron chi connectivity index (χ4n) is 2.79. The standard InChI is InChI=1S/C21H27NO2/c1-13-9-7-8-10-20(13)24-18(6)21(23)22-17(5)19-12-15(3)14(2)11-16(19)4/h7-12,17-18H,1-6H3,(H,22,23)/t17-,18-/m1/s1. The molecule has 1 N–H and O–H groups in total. The maximum atomic E-state index is 12.5. The molecule has 3 nitrogen and oxygen atoms in total. The highest BCUT2D eigenvalue weighted by molar-refractivity contribution is 5.81. The third-order valence-electron chi connectivity index (χ3n) is 4.47. The van der Waals surface area contributed by atoms with Gasteiger partial charge in [0.05, 0.1) is 6.04 Å². The first kappa shape index (κ1) is 18.1. The van der Waals surface area contributed by atoms with Gasteiger partial charge in [-0.15, -0.1) is 0 Å². The first-order valence-corrected chi connectivity index (χ1v) is 8.40. The number of benzene rings is 2. The van der Waals surface area contributed by atoms with E-state index < -0.39 is 6.10 Å². The summed E-state index contributed by atoms with van der Waals surface area (Å²) in [7, 11) is 0. The minimum absolute atomic E-state index is 0.0558. The van der Waals surface area contributed by atoms with Crippen molar-refractivity contribution in [2.75, 3.05) is 0 Å². The van der Waals surface area contributed by atoms with Gasteiger partial charge in [-0.25, -0.2) is 0 Å². The van der Waals surface area contributed by atoms with Crippen molar-refractivity contribution in [1.29, 1.82) is 0 Å². The lowest BCUT2D eigenvalue weighted by Crippen LogP contribution is -2.38. The van der Waals surface area contributed by atoms with Crippen LogP contribution >= 0.6 is 0 Å². The monoisotopic (exact) mass is 325 g/mol. The summed E-state index contributed by atoms with van der Waals surface area (Å²) in [4.78, 5) is 12.5. The van der Waals surface area contributed by atoms with Gasteiger partial charge in [0, 0.05) is 0 Å². The lowest BCUT2D eigenvalue weighted by Gasteiger charge is -2.21. The first-order chi connectivity index (χ1) is 11.3. The van der Waals surface area contributed by atoms with Gasteiger partial charge in [-0.3, -0.25) is 4.79 Å². The minimum Gasteiger partial charge on any atom is -0.481 e. The number of ether oxygens (including phenoxy) is 1. The van der Waals surface area contributed by atoms with Gasteiger partial charge in [0.1, 0.15) is 5.75 Å². The Bertz CT molecular complexity index is 737. The molecule has 0 spiro atoms. The van der Waals surface area contributed by atoms with Crippen molar-refractivity contribution in [3.63, 3.8) is 0 Å². The van der Waals surface area contributed by atoms with Crippen LogP contribution in [0.1, 0.15) is 47.7 Å². The van der Waals surface area contributed by atoms with E-state index in [9.17, 15) is 4.79 Å². The van der Waals surface area contributed by atoms with Crippen LogP contribution in [0.5, 0.6) is 5.75 Å². The summed E-state index contributed by atoms with van der Waals surface area (Å²) in [6, 6.07) is 12.0. The number of amides is 1. The van der Waals surface area contributed by atoms with Gasteiger partial charge in [-0.1, -0.05) is 30.3 Å². The molecule has 0 heterocycles. The molecule has 0 aliphatic rings. The van der Waals surface area contributed by atoms with Crippen molar-refractivity contribution < 1.29 is 9.53 Å². The molecule has 0 bridgehead atoms. The Hall–Kier alpha value is -2.29. The van der Waals surface area contributed by atoms with Crippen molar-refractivity contribution in [2.45, 2.75) is 53.7 Å². The van der Waals surface area contributed by atoms with E-state index in [1.165, 1.54) is 16.7 Å². The molecule has 0 aromatic heterocycles. The van der Waals surface area contributed by atoms with E-state index in [4.69, 9.17) is 4.74 Å². The van der Waals surface area contributed by atoms with Crippen molar-refractivity contribution in [2.24, 2.45) is 0 Å². The zero-order valence-electron chi connectivity index (χ0n) is 15.4. The fraction of sp³-hybridized carbons (Fsp3) is 0.381. The van der Waals surface area contributed by atoms with Gasteiger partial charge in [0.25, 0.3) is 5.91 Å². The predicted molar refractivity (Wildman–Crippen MR) is 98.5 cm³/mol. The summed E-state index contributed by atoms with van der Waals surface area (Å²) in [6.45, 7) is 12.0. The third-order valence-corrected chi connectivity index (χ3v) is 4.47. The van der Waals surface area contributed by atoms with Crippen LogP contribution in [-0.4, -0.2) is 12.0 Å². The molecule has 0 aliphatic carbocycles. The van der Waals surface area contributed by atoms with E-state index in [-0.39, 0.29) is 11.9 Å². The van der Waals surface area contributed by atoms with Crippen LogP contribution in [0.4, 0.5) is 0 Å². The van der Waals surface area contributed by atoms with Crippen molar-refractivity contribution >= 4 is 5.91 Å². The molecule has 0 radical (unpaired) electrons. The summed E-state index contributed by atoms with van der Waals surface area (Å²) < 4.78 is 5.80. The van der Waals surface area contributed by atoms with Crippen LogP contribution in [0.15, 0.2) is 36.4 Å². The summed E-state index contributed by atoms with van der Waals surface area (Å²) in [6.07, 6.45) is -0.541. The molecular formula is C21H27NO2. The average Bonchev–Trinajstić information content (AvgIpc) is 2.52. The maximum absolute atomic E-state index is 12.5. The average molecular weight is 325 g/mol. The molecule has 24 heavy (non-hydrogen) atoms. The van der Waals surface area contributed by atoms with E-state index in [0.717, 1.165) is 16.9 Å². The molecule has 2 aromatic carbocycles. The second-order valence-electron chi connectivity index (χ2n) is 6.55. The molecule has 0 saturated heterocycles. The molecule has 1 amide bonds. The number of hydrogen-bond donors (Lipinski definition) is 1. The Morgan fingerprint density at radius 1 is 0.917 bits per heavy atom. The highest BCUT2D eigenvalue weighted by Crippen LogP contribution is 2.22. The van der Waals surface area contributed by atoms with Gasteiger partial charge < -0.3 is 10.1 Å². The topological polar surface area (TPSA) is 38.3 Å². The number of rotatable bonds is 5. The van der Waals surface area contributed by atoms with Crippen LogP contribution in [0.2, 0.25) is 0 Å². The smallest absolute Gasteiger partial charge is 0.261 e. The van der Waals surface area contributed by atoms with Gasteiger partial charge in [0.2, 0.25) is 0 Å². The Morgan fingerprint density at radius 2 is 1.54 bits per heavy atom. The molecular weight excluding hydrogens is 298 g/mol. The molecule has 0 aliphatic heterocycles. The number of para-hydroxylation sites is 1. The minimum atomic E-state index is -0.541. The molecule has 0 saturated carbocycles. The van der Waals surface area contributed by atoms with Crippen molar-refractivity contribution in [3.05, 3.63) is 64.2 Å². The summed E-state index contributed by atoms with van der Waals surface area (Å²) in [5.74, 6) is 0.638. The summed E-state index contributed by atoms with van der Waals surface area (Å²) in [5.41, 5.74) is 5.87. The molecule has 128 valence electrons. The fourth-order valence-corrected chi connectivity index (χ4v) is 2.79. The second-order valence-corrected chi connectivity index (χ2v) is 6.55. The number of carbonyl (C=O) groups excluding carboxylic acids is 1. The van der Waals surface area contributed by atoms with Crippen LogP contribution in [0.25, 0.3) is 0 Å². The van der Waals surface area contributed by atoms with Crippen LogP contribution < -0.4 is 10.1 Å². The van der Waals surface area contributed by atoms with Gasteiger partial charge in [0.15, 0.2) is 6.10 Å². The zero-order chi connectivity index (χ0) is 17.9. The predicted octanol–water partition coefficient (Wildman–Crippen LogP) is 4.56. The van der Waals surface area contributed by atoms with Crippen molar-refractivity contribution in [3.8, 4) is 5.75 Å². The van der Waals surface area contributed by atoms with Gasteiger partial charge in [-0.2, -0.15) is 0 Å². The van der Waals surface area contributed by atoms with Crippen LogP contribution in [0, 0.1) is 27.7 Å². The van der Waals surface area contributed by atoms with E-state index in [1.54, 1.807) is 6.92 Å². The maximum Gasteiger partial charge on any atom is 0.261 e. The number of carbonyl (C=O) groups is 1. The number of hydrogen-bond acceptors (Lipinski definition) is 2. The second kappa shape index (κ2) is 7.52. The quantitative estimate of drug-likeness (QED) is 0.875. The Balaban J connectivity index is 2.06. The lowest BCUT2D eigenvalue weighted by atomic mass is 9.96. The highest BCUT2D eigenvalue weighted by atomic mass is 16.5.